The highest BCUT2D eigenvalue weighted by molar-refractivity contribution is 5.89. The Morgan fingerprint density at radius 1 is 1.05 bits per heavy atom. The summed E-state index contributed by atoms with van der Waals surface area (Å²) in [6.45, 7) is 1.96. The van der Waals surface area contributed by atoms with Gasteiger partial charge in [-0.3, -0.25) is 9.59 Å². The Kier molecular flexibility index (Phi) is 10.9. The highest BCUT2D eigenvalue weighted by Gasteiger charge is 2.07. The van der Waals surface area contributed by atoms with Crippen molar-refractivity contribution >= 4 is 11.9 Å². The number of likely N-dealkylation sites (N-methyl/N-ethyl adjacent to an activating group) is 1. The second kappa shape index (κ2) is 11.8. The van der Waals surface area contributed by atoms with Crippen molar-refractivity contribution in [3.63, 3.8) is 0 Å². The maximum Gasteiger partial charge on any atom is 0.323 e. The predicted octanol–water partition coefficient (Wildman–Crippen LogP) is 3.23. The zero-order valence-corrected chi connectivity index (χ0v) is 12.2. The lowest BCUT2D eigenvalue weighted by Gasteiger charge is -2.11. The molecule has 0 bridgehead atoms. The highest BCUT2D eigenvalue weighted by atomic mass is 16.4. The van der Waals surface area contributed by atoms with E-state index in [1.807, 2.05) is 6.08 Å². The Morgan fingerprint density at radius 2 is 1.63 bits per heavy atom. The van der Waals surface area contributed by atoms with Crippen molar-refractivity contribution in [2.24, 2.45) is 0 Å². The van der Waals surface area contributed by atoms with E-state index < -0.39 is 5.97 Å². The lowest BCUT2D eigenvalue weighted by molar-refractivity contribution is -0.141. The van der Waals surface area contributed by atoms with Gasteiger partial charge in [-0.1, -0.05) is 51.5 Å². The van der Waals surface area contributed by atoms with Crippen LogP contribution in [0.15, 0.2) is 12.2 Å². The highest BCUT2D eigenvalue weighted by Crippen LogP contribution is 2.08. The van der Waals surface area contributed by atoms with Crippen LogP contribution in [-0.2, 0) is 9.59 Å². The minimum absolute atomic E-state index is 0.245. The van der Waals surface area contributed by atoms with Crippen LogP contribution in [0.25, 0.3) is 0 Å². The van der Waals surface area contributed by atoms with E-state index in [4.69, 9.17) is 5.11 Å². The van der Waals surface area contributed by atoms with Crippen LogP contribution in [0.1, 0.15) is 58.3 Å². The SMILES string of the molecule is CCCCCCCCCC=CC(=O)N(C)CC(=O)O. The molecule has 0 rings (SSSR count). The average Bonchev–Trinajstić information content (AvgIpc) is 2.35. The molecule has 0 radical (unpaired) electrons. The Hall–Kier alpha value is -1.32. The van der Waals surface area contributed by atoms with E-state index in [1.54, 1.807) is 0 Å². The number of nitrogens with zero attached hydrogens (tertiary/aromatic N) is 1. The van der Waals surface area contributed by atoms with Crippen LogP contribution in [0, 0.1) is 0 Å². The molecule has 0 saturated heterocycles. The molecule has 110 valence electrons. The second-order valence-corrected chi connectivity index (χ2v) is 4.90. The van der Waals surface area contributed by atoms with Gasteiger partial charge in [0.15, 0.2) is 0 Å². The van der Waals surface area contributed by atoms with Crippen LogP contribution < -0.4 is 0 Å². The number of rotatable bonds is 11. The summed E-state index contributed by atoms with van der Waals surface area (Å²) in [5.74, 6) is -1.23. The van der Waals surface area contributed by atoms with Gasteiger partial charge in [-0.25, -0.2) is 0 Å². The standard InChI is InChI=1S/C15H27NO3/c1-3-4-5-6-7-8-9-10-11-12-14(17)16(2)13-15(18)19/h11-12H,3-10,13H2,1-2H3,(H,18,19). The number of carbonyl (C=O) groups is 2. The molecule has 0 heterocycles. The predicted molar refractivity (Wildman–Crippen MR) is 77.0 cm³/mol. The number of unbranched alkanes of at least 4 members (excludes halogenated alkanes) is 7. The summed E-state index contributed by atoms with van der Waals surface area (Å²) >= 11 is 0. The van der Waals surface area contributed by atoms with Gasteiger partial charge in [-0.15, -0.1) is 0 Å². The summed E-state index contributed by atoms with van der Waals surface area (Å²) in [6, 6.07) is 0. The number of carboxylic acid groups (broad SMARTS) is 1. The maximum atomic E-state index is 11.5. The zero-order chi connectivity index (χ0) is 14.5. The summed E-state index contributed by atoms with van der Waals surface area (Å²) in [7, 11) is 1.49. The Labute approximate surface area is 116 Å². The Balaban J connectivity index is 3.52. The van der Waals surface area contributed by atoms with Gasteiger partial charge in [0.2, 0.25) is 5.91 Å². The molecule has 0 fully saturated rings. The first-order valence-corrected chi connectivity index (χ1v) is 7.21. The smallest absolute Gasteiger partial charge is 0.323 e. The minimum Gasteiger partial charge on any atom is -0.480 e. The van der Waals surface area contributed by atoms with Gasteiger partial charge in [-0.2, -0.15) is 0 Å². The summed E-state index contributed by atoms with van der Waals surface area (Å²) in [5.41, 5.74) is 0. The molecular formula is C15H27NO3. The molecular weight excluding hydrogens is 242 g/mol. The third-order valence-corrected chi connectivity index (χ3v) is 2.98. The fourth-order valence-electron chi connectivity index (χ4n) is 1.81. The third kappa shape index (κ3) is 11.5. The first kappa shape index (κ1) is 17.7. The van der Waals surface area contributed by atoms with Gasteiger partial charge in [0.1, 0.15) is 6.54 Å². The van der Waals surface area contributed by atoms with Crippen LogP contribution in [0.2, 0.25) is 0 Å². The summed E-state index contributed by atoms with van der Waals surface area (Å²) in [6.07, 6.45) is 13.0. The van der Waals surface area contributed by atoms with Crippen molar-refractivity contribution in [1.29, 1.82) is 0 Å². The van der Waals surface area contributed by atoms with Gasteiger partial charge in [0, 0.05) is 7.05 Å². The van der Waals surface area contributed by atoms with Crippen LogP contribution in [0.3, 0.4) is 0 Å². The summed E-state index contributed by atoms with van der Waals surface area (Å²) in [4.78, 5) is 23.1. The van der Waals surface area contributed by atoms with E-state index >= 15 is 0 Å². The van der Waals surface area contributed by atoms with E-state index in [0.717, 1.165) is 12.8 Å². The van der Waals surface area contributed by atoms with E-state index in [0.29, 0.717) is 0 Å². The average molecular weight is 269 g/mol. The molecule has 0 aromatic rings. The Bertz CT molecular complexity index is 287. The van der Waals surface area contributed by atoms with Crippen molar-refractivity contribution < 1.29 is 14.7 Å². The molecule has 0 aliphatic rings. The van der Waals surface area contributed by atoms with Crippen LogP contribution in [0.4, 0.5) is 0 Å². The topological polar surface area (TPSA) is 57.6 Å². The van der Waals surface area contributed by atoms with Crippen molar-refractivity contribution in [1.82, 2.24) is 4.90 Å². The van der Waals surface area contributed by atoms with Gasteiger partial charge in [0.25, 0.3) is 0 Å². The molecule has 1 N–H and O–H groups in total. The zero-order valence-electron chi connectivity index (χ0n) is 12.2. The summed E-state index contributed by atoms with van der Waals surface area (Å²) in [5, 5.41) is 8.55. The van der Waals surface area contributed by atoms with Crippen LogP contribution in [-0.4, -0.2) is 35.5 Å². The van der Waals surface area contributed by atoms with Gasteiger partial charge >= 0.3 is 5.97 Å². The molecule has 0 aromatic heterocycles. The van der Waals surface area contributed by atoms with Crippen LogP contribution >= 0.6 is 0 Å². The number of allylic oxidation sites excluding steroid dienone is 1. The molecule has 0 aliphatic carbocycles. The molecule has 4 heteroatoms. The fraction of sp³-hybridized carbons (Fsp3) is 0.733. The molecule has 0 atom stereocenters. The molecule has 1 amide bonds. The normalized spacial score (nSPS) is 10.8. The molecule has 0 spiro atoms. The number of amides is 1. The monoisotopic (exact) mass is 269 g/mol. The van der Waals surface area contributed by atoms with Gasteiger partial charge < -0.3 is 10.0 Å². The van der Waals surface area contributed by atoms with Gasteiger partial charge in [-0.05, 0) is 18.9 Å². The first-order valence-electron chi connectivity index (χ1n) is 7.21. The Morgan fingerprint density at radius 3 is 2.21 bits per heavy atom. The lowest BCUT2D eigenvalue weighted by Crippen LogP contribution is -2.30. The largest absolute Gasteiger partial charge is 0.480 e. The van der Waals surface area contributed by atoms with Gasteiger partial charge in [0.05, 0.1) is 0 Å². The van der Waals surface area contributed by atoms with Crippen molar-refractivity contribution in [3.8, 4) is 0 Å². The number of carbonyl (C=O) groups excluding carboxylic acids is 1. The third-order valence-electron chi connectivity index (χ3n) is 2.98. The molecule has 0 unspecified atom stereocenters. The molecule has 0 aliphatic heterocycles. The van der Waals surface area contributed by atoms with Crippen molar-refractivity contribution in [2.45, 2.75) is 58.3 Å². The van der Waals surface area contributed by atoms with E-state index in [1.165, 1.54) is 56.5 Å². The molecule has 4 nitrogen and oxygen atoms in total. The lowest BCUT2D eigenvalue weighted by atomic mass is 10.1. The van der Waals surface area contributed by atoms with E-state index in [9.17, 15) is 9.59 Å². The van der Waals surface area contributed by atoms with Crippen LogP contribution in [0.5, 0.6) is 0 Å². The van der Waals surface area contributed by atoms with Crippen molar-refractivity contribution in [3.05, 3.63) is 12.2 Å². The first-order chi connectivity index (χ1) is 9.07. The molecule has 0 aromatic carbocycles. The number of hydrogen-bond acceptors (Lipinski definition) is 2. The molecule has 0 saturated carbocycles. The number of carboxylic acids is 1. The maximum absolute atomic E-state index is 11.5. The summed E-state index contributed by atoms with van der Waals surface area (Å²) < 4.78 is 0. The van der Waals surface area contributed by atoms with Crippen molar-refractivity contribution in [2.75, 3.05) is 13.6 Å². The second-order valence-electron chi connectivity index (χ2n) is 4.90. The quantitative estimate of drug-likeness (QED) is 0.463. The minimum atomic E-state index is -0.990. The van der Waals surface area contributed by atoms with E-state index in [-0.39, 0.29) is 12.5 Å². The number of aliphatic carboxylic acids is 1. The number of hydrogen-bond donors (Lipinski definition) is 1. The van der Waals surface area contributed by atoms with E-state index in [2.05, 4.69) is 6.92 Å². The fourth-order valence-corrected chi connectivity index (χ4v) is 1.81. The molecule has 19 heavy (non-hydrogen) atoms.